The fourth-order valence-corrected chi connectivity index (χ4v) is 2.32. The van der Waals surface area contributed by atoms with Crippen molar-refractivity contribution >= 4 is 5.95 Å². The number of pyridine rings is 1. The summed E-state index contributed by atoms with van der Waals surface area (Å²) >= 11 is 0. The van der Waals surface area contributed by atoms with Gasteiger partial charge in [-0.05, 0) is 25.5 Å². The van der Waals surface area contributed by atoms with Gasteiger partial charge in [0.2, 0.25) is 5.95 Å². The number of rotatable bonds is 5. The Labute approximate surface area is 141 Å². The molecule has 124 valence electrons. The van der Waals surface area contributed by atoms with E-state index >= 15 is 0 Å². The molecule has 0 amide bonds. The van der Waals surface area contributed by atoms with Gasteiger partial charge >= 0.3 is 0 Å². The van der Waals surface area contributed by atoms with E-state index < -0.39 is 0 Å². The number of anilines is 1. The first-order valence-electron chi connectivity index (χ1n) is 8.04. The van der Waals surface area contributed by atoms with Crippen LogP contribution >= 0.6 is 0 Å². The Morgan fingerprint density at radius 1 is 1.17 bits per heavy atom. The lowest BCUT2D eigenvalue weighted by molar-refractivity contribution is 0.752. The Hall–Kier alpha value is -2.83. The summed E-state index contributed by atoms with van der Waals surface area (Å²) in [4.78, 5) is 17.5. The van der Waals surface area contributed by atoms with Gasteiger partial charge in [-0.1, -0.05) is 13.8 Å². The molecule has 0 fully saturated rings. The highest BCUT2D eigenvalue weighted by Crippen LogP contribution is 2.24. The van der Waals surface area contributed by atoms with E-state index in [9.17, 15) is 0 Å². The highest BCUT2D eigenvalue weighted by Gasteiger charge is 2.17. The normalized spacial score (nSPS) is 11.0. The van der Waals surface area contributed by atoms with Crippen LogP contribution in [0.4, 0.5) is 5.95 Å². The van der Waals surface area contributed by atoms with E-state index in [1.54, 1.807) is 18.6 Å². The molecule has 3 aromatic heterocycles. The summed E-state index contributed by atoms with van der Waals surface area (Å²) in [5.41, 5.74) is 2.81. The molecule has 3 rings (SSSR count). The second-order valence-electron chi connectivity index (χ2n) is 5.85. The monoisotopic (exact) mass is 323 g/mol. The van der Waals surface area contributed by atoms with Crippen LogP contribution in [0.3, 0.4) is 0 Å². The molecular formula is C17H21N7. The molecule has 0 aromatic carbocycles. The highest BCUT2D eigenvalue weighted by molar-refractivity contribution is 5.57. The SMILES string of the molecule is CCNc1ncc(-c2nc(C(C)C)nn2-c2ccncc2C)cn1. The molecule has 0 unspecified atom stereocenters. The predicted octanol–water partition coefficient (Wildman–Crippen LogP) is 2.98. The van der Waals surface area contributed by atoms with E-state index in [2.05, 4.69) is 39.2 Å². The predicted molar refractivity (Wildman–Crippen MR) is 93.2 cm³/mol. The van der Waals surface area contributed by atoms with Crippen molar-refractivity contribution < 1.29 is 0 Å². The Balaban J connectivity index is 2.11. The minimum Gasteiger partial charge on any atom is -0.355 e. The van der Waals surface area contributed by atoms with Crippen molar-refractivity contribution in [1.29, 1.82) is 0 Å². The van der Waals surface area contributed by atoms with E-state index in [-0.39, 0.29) is 5.92 Å². The van der Waals surface area contributed by atoms with Crippen LogP contribution < -0.4 is 5.32 Å². The fourth-order valence-electron chi connectivity index (χ4n) is 2.32. The molecule has 0 atom stereocenters. The Kier molecular flexibility index (Phi) is 4.50. The smallest absolute Gasteiger partial charge is 0.222 e. The lowest BCUT2D eigenvalue weighted by Gasteiger charge is -2.08. The molecule has 0 aliphatic rings. The number of nitrogens with one attached hydrogen (secondary N) is 1. The Bertz CT molecular complexity index is 821. The second-order valence-corrected chi connectivity index (χ2v) is 5.85. The van der Waals surface area contributed by atoms with E-state index in [1.165, 1.54) is 0 Å². The molecule has 0 spiro atoms. The van der Waals surface area contributed by atoms with Crippen molar-refractivity contribution in [3.8, 4) is 17.1 Å². The van der Waals surface area contributed by atoms with Gasteiger partial charge in [-0.15, -0.1) is 0 Å². The number of aryl methyl sites for hydroxylation is 1. The van der Waals surface area contributed by atoms with E-state index in [4.69, 9.17) is 4.98 Å². The minimum atomic E-state index is 0.231. The number of hydrogen-bond donors (Lipinski definition) is 1. The van der Waals surface area contributed by atoms with Gasteiger partial charge in [0.15, 0.2) is 11.6 Å². The van der Waals surface area contributed by atoms with Gasteiger partial charge in [-0.2, -0.15) is 5.10 Å². The van der Waals surface area contributed by atoms with Crippen LogP contribution in [0.5, 0.6) is 0 Å². The number of hydrogen-bond acceptors (Lipinski definition) is 6. The summed E-state index contributed by atoms with van der Waals surface area (Å²) < 4.78 is 1.85. The fraction of sp³-hybridized carbons (Fsp3) is 0.353. The summed E-state index contributed by atoms with van der Waals surface area (Å²) in [6.07, 6.45) is 7.12. The second kappa shape index (κ2) is 6.74. The van der Waals surface area contributed by atoms with Crippen LogP contribution in [0.2, 0.25) is 0 Å². The Morgan fingerprint density at radius 2 is 1.92 bits per heavy atom. The van der Waals surface area contributed by atoms with Crippen LogP contribution in [-0.2, 0) is 0 Å². The lowest BCUT2D eigenvalue weighted by Crippen LogP contribution is -2.05. The topological polar surface area (TPSA) is 81.4 Å². The van der Waals surface area contributed by atoms with Crippen molar-refractivity contribution in [3.05, 3.63) is 42.2 Å². The van der Waals surface area contributed by atoms with E-state index in [0.717, 1.165) is 35.0 Å². The van der Waals surface area contributed by atoms with Crippen LogP contribution in [-0.4, -0.2) is 36.3 Å². The third-order valence-corrected chi connectivity index (χ3v) is 3.60. The third-order valence-electron chi connectivity index (χ3n) is 3.60. The summed E-state index contributed by atoms with van der Waals surface area (Å²) in [6.45, 7) is 8.95. The van der Waals surface area contributed by atoms with Crippen molar-refractivity contribution in [2.24, 2.45) is 0 Å². The minimum absolute atomic E-state index is 0.231. The zero-order chi connectivity index (χ0) is 17.1. The maximum atomic E-state index is 4.70. The van der Waals surface area contributed by atoms with Gasteiger partial charge < -0.3 is 5.32 Å². The Morgan fingerprint density at radius 3 is 2.54 bits per heavy atom. The van der Waals surface area contributed by atoms with E-state index in [0.29, 0.717) is 5.95 Å². The first-order chi connectivity index (χ1) is 11.6. The van der Waals surface area contributed by atoms with Gasteiger partial charge in [-0.3, -0.25) is 4.98 Å². The average Bonchev–Trinajstić information content (AvgIpc) is 3.02. The van der Waals surface area contributed by atoms with Crippen molar-refractivity contribution in [3.63, 3.8) is 0 Å². The maximum absolute atomic E-state index is 4.70. The molecule has 1 N–H and O–H groups in total. The van der Waals surface area contributed by atoms with Crippen molar-refractivity contribution in [2.45, 2.75) is 33.6 Å². The summed E-state index contributed by atoms with van der Waals surface area (Å²) in [6, 6.07) is 1.94. The first kappa shape index (κ1) is 16.0. The quantitative estimate of drug-likeness (QED) is 0.777. The molecule has 0 radical (unpaired) electrons. The van der Waals surface area contributed by atoms with Crippen LogP contribution in [0.15, 0.2) is 30.9 Å². The van der Waals surface area contributed by atoms with Crippen molar-refractivity contribution in [1.82, 2.24) is 29.7 Å². The third kappa shape index (κ3) is 3.10. The molecule has 0 aliphatic heterocycles. The molecule has 0 saturated heterocycles. The zero-order valence-corrected chi connectivity index (χ0v) is 14.4. The molecule has 0 saturated carbocycles. The van der Waals surface area contributed by atoms with E-state index in [1.807, 2.05) is 30.8 Å². The molecule has 0 bridgehead atoms. The van der Waals surface area contributed by atoms with Gasteiger partial charge in [0.1, 0.15) is 0 Å². The summed E-state index contributed by atoms with van der Waals surface area (Å²) in [7, 11) is 0. The van der Waals surface area contributed by atoms with Crippen LogP contribution in [0, 0.1) is 6.92 Å². The molecular weight excluding hydrogens is 302 g/mol. The highest BCUT2D eigenvalue weighted by atomic mass is 15.4. The maximum Gasteiger partial charge on any atom is 0.222 e. The molecule has 24 heavy (non-hydrogen) atoms. The zero-order valence-electron chi connectivity index (χ0n) is 14.4. The molecule has 3 heterocycles. The summed E-state index contributed by atoms with van der Waals surface area (Å²) in [5.74, 6) is 2.36. The van der Waals surface area contributed by atoms with Crippen LogP contribution in [0.1, 0.15) is 38.1 Å². The van der Waals surface area contributed by atoms with Gasteiger partial charge in [-0.25, -0.2) is 19.6 Å². The first-order valence-corrected chi connectivity index (χ1v) is 8.04. The van der Waals surface area contributed by atoms with Gasteiger partial charge in [0, 0.05) is 37.3 Å². The molecule has 3 aromatic rings. The van der Waals surface area contributed by atoms with Gasteiger partial charge in [0.05, 0.1) is 11.3 Å². The molecule has 7 nitrogen and oxygen atoms in total. The largest absolute Gasteiger partial charge is 0.355 e. The van der Waals surface area contributed by atoms with Crippen LogP contribution in [0.25, 0.3) is 17.1 Å². The summed E-state index contributed by atoms with van der Waals surface area (Å²) in [5, 5.41) is 7.77. The van der Waals surface area contributed by atoms with Gasteiger partial charge in [0.25, 0.3) is 0 Å². The van der Waals surface area contributed by atoms with Crippen molar-refractivity contribution in [2.75, 3.05) is 11.9 Å². The lowest BCUT2D eigenvalue weighted by atomic mass is 10.2. The number of aromatic nitrogens is 6. The molecule has 0 aliphatic carbocycles. The average molecular weight is 323 g/mol. The molecule has 7 heteroatoms. The number of nitrogens with zero attached hydrogens (tertiary/aromatic N) is 6. The standard InChI is InChI=1S/C17H21N7/c1-5-19-17-20-9-13(10-21-17)16-22-15(11(2)3)23-24(16)14-6-7-18-8-12(14)4/h6-11H,5H2,1-4H3,(H,19,20,21).